The first kappa shape index (κ1) is 17.8. The summed E-state index contributed by atoms with van der Waals surface area (Å²) >= 11 is 0. The minimum atomic E-state index is -0.461. The molecule has 1 aromatic carbocycles. The van der Waals surface area contributed by atoms with Crippen molar-refractivity contribution in [2.75, 3.05) is 12.4 Å². The number of H-pyrrole nitrogens is 1. The van der Waals surface area contributed by atoms with Gasteiger partial charge in [0.2, 0.25) is 5.78 Å². The number of aromatic amines is 1. The second kappa shape index (κ2) is 6.91. The molecule has 0 aliphatic carbocycles. The second-order valence-electron chi connectivity index (χ2n) is 6.12. The van der Waals surface area contributed by atoms with Gasteiger partial charge in [-0.15, -0.1) is 0 Å². The zero-order valence-electron chi connectivity index (χ0n) is 15.0. The molecule has 0 aliphatic heterocycles. The van der Waals surface area contributed by atoms with Gasteiger partial charge in [-0.25, -0.2) is 0 Å². The highest BCUT2D eigenvalue weighted by Crippen LogP contribution is 2.27. The maximum atomic E-state index is 12.8. The normalized spacial score (nSPS) is 11.9. The number of aryl methyl sites for hydroxylation is 2. The van der Waals surface area contributed by atoms with Crippen molar-refractivity contribution >= 4 is 17.3 Å². The van der Waals surface area contributed by atoms with E-state index in [4.69, 9.17) is 4.74 Å². The molecule has 0 aliphatic rings. The summed E-state index contributed by atoms with van der Waals surface area (Å²) in [5, 5.41) is 3.21. The maximum absolute atomic E-state index is 12.8. The molecule has 1 heterocycles. The minimum Gasteiger partial charge on any atom is -0.495 e. The molecule has 1 atom stereocenters. The quantitative estimate of drug-likeness (QED) is 0.791. The molecule has 0 amide bonds. The fourth-order valence-corrected chi connectivity index (χ4v) is 2.97. The van der Waals surface area contributed by atoms with Crippen molar-refractivity contribution in [3.8, 4) is 5.75 Å². The van der Waals surface area contributed by atoms with Gasteiger partial charge in [0.1, 0.15) is 5.75 Å². The van der Waals surface area contributed by atoms with Gasteiger partial charge in [0.25, 0.3) is 0 Å². The molecule has 24 heavy (non-hydrogen) atoms. The van der Waals surface area contributed by atoms with Crippen molar-refractivity contribution in [2.24, 2.45) is 0 Å². The summed E-state index contributed by atoms with van der Waals surface area (Å²) in [6, 6.07) is 5.30. The van der Waals surface area contributed by atoms with Gasteiger partial charge < -0.3 is 15.0 Å². The Hall–Kier alpha value is -2.56. The van der Waals surface area contributed by atoms with Gasteiger partial charge in [-0.05, 0) is 57.9 Å². The van der Waals surface area contributed by atoms with E-state index in [0.29, 0.717) is 22.6 Å². The molecule has 2 rings (SSSR count). The molecule has 2 aromatic rings. The average molecular weight is 328 g/mol. The maximum Gasteiger partial charge on any atom is 0.201 e. The summed E-state index contributed by atoms with van der Waals surface area (Å²) in [6.07, 6.45) is 0. The Morgan fingerprint density at radius 3 is 2.42 bits per heavy atom. The van der Waals surface area contributed by atoms with E-state index in [-0.39, 0.29) is 11.6 Å². The van der Waals surface area contributed by atoms with Crippen LogP contribution in [0.5, 0.6) is 5.75 Å². The molecule has 128 valence electrons. The molecule has 0 spiro atoms. The molecule has 0 saturated heterocycles. The third kappa shape index (κ3) is 3.35. The number of methoxy groups -OCH3 is 1. The number of carbonyl (C=O) groups excluding carboxylic acids is 2. The molecular weight excluding hydrogens is 304 g/mol. The Kier molecular flexibility index (Phi) is 5.12. The number of aromatic nitrogens is 1. The van der Waals surface area contributed by atoms with E-state index in [2.05, 4.69) is 10.3 Å². The monoisotopic (exact) mass is 328 g/mol. The Balaban J connectivity index is 2.30. The van der Waals surface area contributed by atoms with Gasteiger partial charge in [-0.1, -0.05) is 6.07 Å². The molecular formula is C19H24N2O3. The van der Waals surface area contributed by atoms with Crippen LogP contribution in [0.15, 0.2) is 18.2 Å². The fourth-order valence-electron chi connectivity index (χ4n) is 2.97. The third-order valence-corrected chi connectivity index (χ3v) is 4.16. The van der Waals surface area contributed by atoms with E-state index in [1.165, 1.54) is 6.92 Å². The van der Waals surface area contributed by atoms with Gasteiger partial charge in [0.15, 0.2) is 5.78 Å². The number of ketones is 2. The molecule has 0 saturated carbocycles. The predicted octanol–water partition coefficient (Wildman–Crippen LogP) is 3.83. The zero-order chi connectivity index (χ0) is 18.0. The lowest BCUT2D eigenvalue weighted by Gasteiger charge is -2.17. The fraction of sp³-hybridized carbons (Fsp3) is 0.368. The number of ether oxygens (including phenoxy) is 1. The van der Waals surface area contributed by atoms with Crippen LogP contribution in [0.4, 0.5) is 5.69 Å². The smallest absolute Gasteiger partial charge is 0.201 e. The Morgan fingerprint density at radius 1 is 1.21 bits per heavy atom. The van der Waals surface area contributed by atoms with Gasteiger partial charge >= 0.3 is 0 Å². The van der Waals surface area contributed by atoms with Crippen molar-refractivity contribution in [1.82, 2.24) is 4.98 Å². The van der Waals surface area contributed by atoms with Crippen molar-refractivity contribution in [1.29, 1.82) is 0 Å². The SMILES string of the molecule is COc1ccc(C)cc1N[C@H](C)C(=O)c1[nH]c(C)c(C(C)=O)c1C. The summed E-state index contributed by atoms with van der Waals surface area (Å²) in [7, 11) is 1.60. The van der Waals surface area contributed by atoms with Crippen LogP contribution in [0, 0.1) is 20.8 Å². The Labute approximate surface area is 142 Å². The van der Waals surface area contributed by atoms with E-state index in [1.54, 1.807) is 21.0 Å². The predicted molar refractivity (Wildman–Crippen MR) is 95.4 cm³/mol. The average Bonchev–Trinajstić information content (AvgIpc) is 2.81. The molecule has 0 fully saturated rings. The van der Waals surface area contributed by atoms with Crippen LogP contribution in [0.3, 0.4) is 0 Å². The van der Waals surface area contributed by atoms with Crippen LogP contribution < -0.4 is 10.1 Å². The first-order chi connectivity index (χ1) is 11.3. The lowest BCUT2D eigenvalue weighted by atomic mass is 10.0. The molecule has 0 unspecified atom stereocenters. The summed E-state index contributed by atoms with van der Waals surface area (Å²) < 4.78 is 5.34. The lowest BCUT2D eigenvalue weighted by Crippen LogP contribution is -2.27. The van der Waals surface area contributed by atoms with Crippen LogP contribution in [0.1, 0.15) is 51.5 Å². The van der Waals surface area contributed by atoms with E-state index in [1.807, 2.05) is 32.0 Å². The van der Waals surface area contributed by atoms with Gasteiger partial charge in [0.05, 0.1) is 24.5 Å². The van der Waals surface area contributed by atoms with Crippen LogP contribution in [0.2, 0.25) is 0 Å². The Bertz CT molecular complexity index is 790. The van der Waals surface area contributed by atoms with Crippen LogP contribution >= 0.6 is 0 Å². The first-order valence-electron chi connectivity index (χ1n) is 7.91. The number of rotatable bonds is 6. The number of hydrogen-bond acceptors (Lipinski definition) is 4. The van der Waals surface area contributed by atoms with E-state index < -0.39 is 6.04 Å². The van der Waals surface area contributed by atoms with E-state index in [0.717, 1.165) is 16.9 Å². The summed E-state index contributed by atoms with van der Waals surface area (Å²) in [4.78, 5) is 27.6. The largest absolute Gasteiger partial charge is 0.495 e. The van der Waals surface area contributed by atoms with E-state index >= 15 is 0 Å². The van der Waals surface area contributed by atoms with Crippen molar-refractivity contribution in [3.63, 3.8) is 0 Å². The van der Waals surface area contributed by atoms with Crippen LogP contribution in [0.25, 0.3) is 0 Å². The highest BCUT2D eigenvalue weighted by molar-refractivity contribution is 6.06. The number of benzene rings is 1. The molecule has 2 N–H and O–H groups in total. The topological polar surface area (TPSA) is 71.2 Å². The highest BCUT2D eigenvalue weighted by atomic mass is 16.5. The Morgan fingerprint density at radius 2 is 1.88 bits per heavy atom. The number of anilines is 1. The third-order valence-electron chi connectivity index (χ3n) is 4.16. The summed E-state index contributed by atoms with van der Waals surface area (Å²) in [5.74, 6) is 0.553. The van der Waals surface area contributed by atoms with Crippen molar-refractivity contribution in [2.45, 2.75) is 40.7 Å². The standard InChI is InChI=1S/C19H24N2O3/c1-10-7-8-16(24-6)15(9-10)20-13(4)19(23)18-11(2)17(14(5)22)12(3)21-18/h7-9,13,20-21H,1-6H3/t13-/m1/s1. The number of nitrogens with one attached hydrogen (secondary N) is 2. The van der Waals surface area contributed by atoms with E-state index in [9.17, 15) is 9.59 Å². The van der Waals surface area contributed by atoms with Gasteiger partial charge in [-0.3, -0.25) is 9.59 Å². The van der Waals surface area contributed by atoms with Gasteiger partial charge in [-0.2, -0.15) is 0 Å². The molecule has 5 nitrogen and oxygen atoms in total. The second-order valence-corrected chi connectivity index (χ2v) is 6.12. The van der Waals surface area contributed by atoms with Crippen molar-refractivity contribution < 1.29 is 14.3 Å². The minimum absolute atomic E-state index is 0.0405. The number of Topliss-reactive ketones (excluding diaryl/α,β-unsaturated/α-hetero) is 2. The number of carbonyl (C=O) groups is 2. The van der Waals surface area contributed by atoms with Crippen LogP contribution in [-0.2, 0) is 0 Å². The molecule has 0 bridgehead atoms. The lowest BCUT2D eigenvalue weighted by molar-refractivity contribution is 0.0970. The van der Waals surface area contributed by atoms with Gasteiger partial charge in [0, 0.05) is 11.3 Å². The molecule has 1 aromatic heterocycles. The number of hydrogen-bond donors (Lipinski definition) is 2. The van der Waals surface area contributed by atoms with Crippen LogP contribution in [-0.4, -0.2) is 29.7 Å². The molecule has 0 radical (unpaired) electrons. The van der Waals surface area contributed by atoms with Crippen molar-refractivity contribution in [3.05, 3.63) is 46.3 Å². The molecule has 5 heteroatoms. The zero-order valence-corrected chi connectivity index (χ0v) is 15.0. The summed E-state index contributed by atoms with van der Waals surface area (Å²) in [6.45, 7) is 8.90. The highest BCUT2D eigenvalue weighted by Gasteiger charge is 2.24. The summed E-state index contributed by atoms with van der Waals surface area (Å²) in [5.41, 5.74) is 4.34. The first-order valence-corrected chi connectivity index (χ1v) is 7.91.